The van der Waals surface area contributed by atoms with Crippen molar-refractivity contribution >= 4 is 5.78 Å². The topological polar surface area (TPSA) is 17.1 Å². The second kappa shape index (κ2) is 6.36. The predicted octanol–water partition coefficient (Wildman–Crippen LogP) is 4.63. The van der Waals surface area contributed by atoms with Crippen molar-refractivity contribution in [2.24, 2.45) is 11.8 Å². The predicted molar refractivity (Wildman–Crippen MR) is 80.4 cm³/mol. The van der Waals surface area contributed by atoms with Gasteiger partial charge in [0.15, 0.2) is 0 Å². The van der Waals surface area contributed by atoms with E-state index in [0.717, 1.165) is 12.8 Å². The monoisotopic (exact) mass is 258 g/mol. The normalized spacial score (nSPS) is 23.3. The third kappa shape index (κ3) is 3.46. The van der Waals surface area contributed by atoms with Gasteiger partial charge in [-0.15, -0.1) is 0 Å². The first kappa shape index (κ1) is 14.3. The summed E-state index contributed by atoms with van der Waals surface area (Å²) in [4.78, 5) is 12.6. The van der Waals surface area contributed by atoms with Gasteiger partial charge in [0.1, 0.15) is 5.78 Å². The number of rotatable bonds is 4. The van der Waals surface area contributed by atoms with Gasteiger partial charge in [-0.2, -0.15) is 0 Å². The van der Waals surface area contributed by atoms with E-state index in [1.54, 1.807) is 0 Å². The van der Waals surface area contributed by atoms with Gasteiger partial charge in [0.25, 0.3) is 0 Å². The highest BCUT2D eigenvalue weighted by molar-refractivity contribution is 5.84. The van der Waals surface area contributed by atoms with E-state index in [0.29, 0.717) is 24.0 Å². The van der Waals surface area contributed by atoms with Gasteiger partial charge in [0.2, 0.25) is 0 Å². The Labute approximate surface area is 117 Å². The van der Waals surface area contributed by atoms with Gasteiger partial charge in [0.05, 0.1) is 0 Å². The van der Waals surface area contributed by atoms with E-state index in [1.165, 1.54) is 36.0 Å². The minimum Gasteiger partial charge on any atom is -0.299 e. The van der Waals surface area contributed by atoms with E-state index >= 15 is 0 Å². The fraction of sp³-hybridized carbons (Fsp3) is 0.611. The standard InChI is InChI=1S/C18H26O/c1-4-15-7-5-6-8-17(15)18(19)12-16-11-13(2)9-10-14(16)3/h9-11,15,17H,4-8,12H2,1-3H3. The Kier molecular flexibility index (Phi) is 4.79. The molecule has 0 spiro atoms. The zero-order valence-electron chi connectivity index (χ0n) is 12.5. The van der Waals surface area contributed by atoms with Crippen molar-refractivity contribution in [3.05, 3.63) is 34.9 Å². The number of carbonyl (C=O) groups is 1. The average Bonchev–Trinajstić information content (AvgIpc) is 2.42. The zero-order valence-corrected chi connectivity index (χ0v) is 12.5. The molecule has 1 saturated carbocycles. The number of benzene rings is 1. The molecule has 0 N–H and O–H groups in total. The highest BCUT2D eigenvalue weighted by Crippen LogP contribution is 2.33. The van der Waals surface area contributed by atoms with Gasteiger partial charge in [-0.3, -0.25) is 4.79 Å². The van der Waals surface area contributed by atoms with E-state index < -0.39 is 0 Å². The van der Waals surface area contributed by atoms with Crippen molar-refractivity contribution in [3.63, 3.8) is 0 Å². The molecule has 0 saturated heterocycles. The van der Waals surface area contributed by atoms with Crippen molar-refractivity contribution < 1.29 is 4.79 Å². The van der Waals surface area contributed by atoms with Crippen molar-refractivity contribution in [2.75, 3.05) is 0 Å². The van der Waals surface area contributed by atoms with Crippen LogP contribution >= 0.6 is 0 Å². The lowest BCUT2D eigenvalue weighted by atomic mass is 9.74. The number of hydrogen-bond acceptors (Lipinski definition) is 1. The molecule has 1 heteroatoms. The lowest BCUT2D eigenvalue weighted by molar-refractivity contribution is -0.125. The van der Waals surface area contributed by atoms with E-state index in [2.05, 4.69) is 39.0 Å². The van der Waals surface area contributed by atoms with Crippen LogP contribution in [-0.4, -0.2) is 5.78 Å². The van der Waals surface area contributed by atoms with Crippen molar-refractivity contribution in [1.82, 2.24) is 0 Å². The van der Waals surface area contributed by atoms with Crippen LogP contribution in [0.1, 0.15) is 55.7 Å². The number of aryl methyl sites for hydroxylation is 2. The molecule has 1 aliphatic carbocycles. The van der Waals surface area contributed by atoms with Gasteiger partial charge in [-0.05, 0) is 43.7 Å². The Balaban J connectivity index is 2.09. The summed E-state index contributed by atoms with van der Waals surface area (Å²) in [6, 6.07) is 6.44. The van der Waals surface area contributed by atoms with Crippen molar-refractivity contribution in [2.45, 2.75) is 59.3 Å². The summed E-state index contributed by atoms with van der Waals surface area (Å²) < 4.78 is 0. The molecule has 1 nitrogen and oxygen atoms in total. The lowest BCUT2D eigenvalue weighted by Gasteiger charge is -2.29. The van der Waals surface area contributed by atoms with Gasteiger partial charge in [-0.1, -0.05) is 49.9 Å². The van der Waals surface area contributed by atoms with Crippen LogP contribution in [0.15, 0.2) is 18.2 Å². The SMILES string of the molecule is CCC1CCCCC1C(=O)Cc1cc(C)ccc1C. The largest absolute Gasteiger partial charge is 0.299 e. The third-order valence-corrected chi connectivity index (χ3v) is 4.72. The quantitative estimate of drug-likeness (QED) is 0.769. The van der Waals surface area contributed by atoms with Gasteiger partial charge >= 0.3 is 0 Å². The minimum absolute atomic E-state index is 0.318. The summed E-state index contributed by atoms with van der Waals surface area (Å²) in [5, 5.41) is 0. The average molecular weight is 258 g/mol. The number of ketones is 1. The molecule has 2 unspecified atom stereocenters. The summed E-state index contributed by atoms with van der Waals surface area (Å²) in [5.41, 5.74) is 3.73. The molecule has 1 aliphatic rings. The molecule has 1 fully saturated rings. The summed E-state index contributed by atoms with van der Waals surface area (Å²) in [6.45, 7) is 6.44. The molecule has 0 aliphatic heterocycles. The van der Waals surface area contributed by atoms with Crippen LogP contribution in [0.25, 0.3) is 0 Å². The van der Waals surface area contributed by atoms with Crippen LogP contribution in [0.5, 0.6) is 0 Å². The molecule has 2 rings (SSSR count). The van der Waals surface area contributed by atoms with Gasteiger partial charge in [0, 0.05) is 12.3 Å². The first-order valence-corrected chi connectivity index (χ1v) is 7.70. The maximum absolute atomic E-state index is 12.6. The first-order chi connectivity index (χ1) is 9.11. The van der Waals surface area contributed by atoms with Crippen LogP contribution in [0.4, 0.5) is 0 Å². The van der Waals surface area contributed by atoms with E-state index in [-0.39, 0.29) is 0 Å². The number of carbonyl (C=O) groups excluding carboxylic acids is 1. The number of Topliss-reactive ketones (excluding diaryl/α,β-unsaturated/α-hetero) is 1. The van der Waals surface area contributed by atoms with Gasteiger partial charge < -0.3 is 0 Å². The Morgan fingerprint density at radius 1 is 1.21 bits per heavy atom. The van der Waals surface area contributed by atoms with Crippen LogP contribution in [-0.2, 0) is 11.2 Å². The molecular formula is C18H26O. The molecule has 0 amide bonds. The second-order valence-corrected chi connectivity index (χ2v) is 6.13. The first-order valence-electron chi connectivity index (χ1n) is 7.70. The van der Waals surface area contributed by atoms with E-state index in [9.17, 15) is 4.79 Å². The molecule has 1 aromatic rings. The Morgan fingerprint density at radius 2 is 1.95 bits per heavy atom. The Morgan fingerprint density at radius 3 is 2.68 bits per heavy atom. The molecule has 1 aromatic carbocycles. The van der Waals surface area contributed by atoms with Crippen molar-refractivity contribution in [3.8, 4) is 0 Å². The Hall–Kier alpha value is -1.11. The minimum atomic E-state index is 0.318. The molecule has 104 valence electrons. The van der Waals surface area contributed by atoms with Crippen LogP contribution in [0, 0.1) is 25.7 Å². The molecule has 2 atom stereocenters. The van der Waals surface area contributed by atoms with Crippen LogP contribution in [0.3, 0.4) is 0 Å². The highest BCUT2D eigenvalue weighted by atomic mass is 16.1. The smallest absolute Gasteiger partial charge is 0.140 e. The van der Waals surface area contributed by atoms with E-state index in [1.807, 2.05) is 0 Å². The number of hydrogen-bond donors (Lipinski definition) is 0. The maximum Gasteiger partial charge on any atom is 0.140 e. The maximum atomic E-state index is 12.6. The molecule has 0 bridgehead atoms. The fourth-order valence-electron chi connectivity index (χ4n) is 3.43. The zero-order chi connectivity index (χ0) is 13.8. The molecule has 0 aromatic heterocycles. The molecule has 0 radical (unpaired) electrons. The fourth-order valence-corrected chi connectivity index (χ4v) is 3.43. The Bertz CT molecular complexity index is 447. The third-order valence-electron chi connectivity index (χ3n) is 4.72. The summed E-state index contributed by atoms with van der Waals surface area (Å²) >= 11 is 0. The molecule has 0 heterocycles. The lowest BCUT2D eigenvalue weighted by Crippen LogP contribution is -2.28. The van der Waals surface area contributed by atoms with Crippen LogP contribution in [0.2, 0.25) is 0 Å². The van der Waals surface area contributed by atoms with Gasteiger partial charge in [-0.25, -0.2) is 0 Å². The van der Waals surface area contributed by atoms with E-state index in [4.69, 9.17) is 0 Å². The second-order valence-electron chi connectivity index (χ2n) is 6.13. The summed E-state index contributed by atoms with van der Waals surface area (Å²) in [6.07, 6.45) is 6.70. The summed E-state index contributed by atoms with van der Waals surface area (Å²) in [5.74, 6) is 1.42. The summed E-state index contributed by atoms with van der Waals surface area (Å²) in [7, 11) is 0. The van der Waals surface area contributed by atoms with Crippen molar-refractivity contribution in [1.29, 1.82) is 0 Å². The molecule has 19 heavy (non-hydrogen) atoms. The molecular weight excluding hydrogens is 232 g/mol. The highest BCUT2D eigenvalue weighted by Gasteiger charge is 2.29. The van der Waals surface area contributed by atoms with Crippen LogP contribution < -0.4 is 0 Å².